The molecule has 2 heterocycles. The zero-order valence-electron chi connectivity index (χ0n) is 20.4. The van der Waals surface area contributed by atoms with Crippen molar-refractivity contribution < 1.29 is 14.5 Å². The van der Waals surface area contributed by atoms with Crippen LogP contribution in [0.5, 0.6) is 0 Å². The van der Waals surface area contributed by atoms with Gasteiger partial charge in [-0.05, 0) is 43.2 Å². The number of piperazine rings is 1. The Morgan fingerprint density at radius 2 is 1.75 bits per heavy atom. The molecule has 1 saturated carbocycles. The zero-order valence-corrected chi connectivity index (χ0v) is 20.4. The van der Waals surface area contributed by atoms with Crippen LogP contribution in [-0.4, -0.2) is 65.1 Å². The second kappa shape index (κ2) is 10.4. The first-order valence-corrected chi connectivity index (χ1v) is 12.4. The van der Waals surface area contributed by atoms with E-state index in [4.69, 9.17) is 14.7 Å². The van der Waals surface area contributed by atoms with E-state index in [0.29, 0.717) is 40.0 Å². The fraction of sp³-hybridized carbons (Fsp3) is 0.423. The number of nitro groups is 1. The minimum Gasteiger partial charge on any atom is -0.465 e. The van der Waals surface area contributed by atoms with E-state index >= 15 is 0 Å². The van der Waals surface area contributed by atoms with Crippen LogP contribution < -0.4 is 10.2 Å². The van der Waals surface area contributed by atoms with Gasteiger partial charge in [0.1, 0.15) is 5.82 Å². The highest BCUT2D eigenvalue weighted by molar-refractivity contribution is 5.94. The summed E-state index contributed by atoms with van der Waals surface area (Å²) in [6.45, 7) is 3.62. The lowest BCUT2D eigenvalue weighted by molar-refractivity contribution is -0.384. The van der Waals surface area contributed by atoms with Gasteiger partial charge in [0, 0.05) is 55.4 Å². The van der Waals surface area contributed by atoms with Crippen molar-refractivity contribution in [3.63, 3.8) is 0 Å². The van der Waals surface area contributed by atoms with Gasteiger partial charge >= 0.3 is 5.97 Å². The van der Waals surface area contributed by atoms with E-state index in [1.807, 2.05) is 0 Å². The van der Waals surface area contributed by atoms with Gasteiger partial charge in [-0.25, -0.2) is 9.78 Å². The molecule has 0 bridgehead atoms. The third-order valence-electron chi connectivity index (χ3n) is 7.14. The Morgan fingerprint density at radius 3 is 2.42 bits per heavy atom. The molecule has 1 aliphatic heterocycles. The number of nitrogens with zero attached hydrogens (tertiary/aromatic N) is 5. The van der Waals surface area contributed by atoms with Gasteiger partial charge in [-0.3, -0.25) is 15.0 Å². The lowest BCUT2D eigenvalue weighted by Crippen LogP contribution is -2.51. The smallest absolute Gasteiger partial charge is 0.337 e. The van der Waals surface area contributed by atoms with Crippen LogP contribution in [0.15, 0.2) is 42.5 Å². The maximum atomic E-state index is 11.8. The maximum Gasteiger partial charge on any atom is 0.337 e. The van der Waals surface area contributed by atoms with Gasteiger partial charge in [-0.15, -0.1) is 0 Å². The highest BCUT2D eigenvalue weighted by atomic mass is 16.6. The molecule has 1 aromatic heterocycles. The molecule has 5 rings (SSSR count). The van der Waals surface area contributed by atoms with Crippen LogP contribution in [0.3, 0.4) is 0 Å². The number of ether oxygens (including phenoxy) is 1. The van der Waals surface area contributed by atoms with Crippen LogP contribution in [0, 0.1) is 10.1 Å². The number of hydrogen-bond acceptors (Lipinski definition) is 9. The van der Waals surface area contributed by atoms with Gasteiger partial charge in [0.25, 0.3) is 5.69 Å². The molecule has 10 nitrogen and oxygen atoms in total. The second-order valence-corrected chi connectivity index (χ2v) is 9.34. The average Bonchev–Trinajstić information content (AvgIpc) is 2.93. The second-order valence-electron chi connectivity index (χ2n) is 9.34. The largest absolute Gasteiger partial charge is 0.465 e. The Balaban J connectivity index is 1.42. The molecule has 0 amide bonds. The summed E-state index contributed by atoms with van der Waals surface area (Å²) in [7, 11) is 1.34. The van der Waals surface area contributed by atoms with Gasteiger partial charge in [-0.1, -0.05) is 19.3 Å². The van der Waals surface area contributed by atoms with Crippen molar-refractivity contribution in [2.45, 2.75) is 38.1 Å². The number of carbonyl (C=O) groups excluding carboxylic acids is 1. The Bertz CT molecular complexity index is 1250. The molecule has 10 heteroatoms. The number of hydrogen-bond donors (Lipinski definition) is 1. The van der Waals surface area contributed by atoms with E-state index in [2.05, 4.69) is 15.1 Å². The highest BCUT2D eigenvalue weighted by Gasteiger charge is 2.27. The van der Waals surface area contributed by atoms with Crippen molar-refractivity contribution in [1.82, 2.24) is 14.9 Å². The number of nitrogens with one attached hydrogen (secondary N) is 1. The Morgan fingerprint density at radius 1 is 1.03 bits per heavy atom. The molecule has 1 aliphatic carbocycles. The summed E-state index contributed by atoms with van der Waals surface area (Å²) < 4.78 is 4.76. The highest BCUT2D eigenvalue weighted by Crippen LogP contribution is 2.31. The fourth-order valence-corrected chi connectivity index (χ4v) is 5.13. The molecular weight excluding hydrogens is 460 g/mol. The van der Waals surface area contributed by atoms with Crippen LogP contribution in [0.1, 0.15) is 42.5 Å². The number of non-ortho nitro benzene ring substituents is 1. The number of nitro benzene ring substituents is 1. The molecule has 188 valence electrons. The SMILES string of the molecule is COC(=O)c1ccc(Nc2nc(N3CCN(C4CCCCC4)CC3)nc3ccc([N+](=O)[O-])cc23)cc1. The summed E-state index contributed by atoms with van der Waals surface area (Å²) in [6, 6.07) is 12.1. The fourth-order valence-electron chi connectivity index (χ4n) is 5.13. The predicted molar refractivity (Wildman–Crippen MR) is 138 cm³/mol. The number of benzene rings is 2. The minimum absolute atomic E-state index is 0.0240. The standard InChI is InChI=1S/C26H30N6O4/c1-36-25(33)18-7-9-19(10-8-18)27-24-22-17-21(32(34)35)11-12-23(22)28-26(29-24)31-15-13-30(14-16-31)20-5-3-2-4-6-20/h7-12,17,20H,2-6,13-16H2,1H3,(H,27,28,29). The van der Waals surface area contributed by atoms with Crippen LogP contribution in [0.4, 0.5) is 23.1 Å². The number of anilines is 3. The van der Waals surface area contributed by atoms with E-state index in [1.54, 1.807) is 30.3 Å². The van der Waals surface area contributed by atoms with E-state index < -0.39 is 10.9 Å². The summed E-state index contributed by atoms with van der Waals surface area (Å²) in [6.07, 6.45) is 6.56. The molecule has 3 aromatic rings. The van der Waals surface area contributed by atoms with Gasteiger partial charge < -0.3 is 15.0 Å². The summed E-state index contributed by atoms with van der Waals surface area (Å²) in [5.74, 6) is 0.673. The van der Waals surface area contributed by atoms with E-state index in [9.17, 15) is 14.9 Å². The molecule has 36 heavy (non-hydrogen) atoms. The molecular formula is C26H30N6O4. The summed E-state index contributed by atoms with van der Waals surface area (Å²) in [5, 5.41) is 15.2. The normalized spacial score (nSPS) is 17.2. The van der Waals surface area contributed by atoms with Crippen molar-refractivity contribution in [2.75, 3.05) is 43.5 Å². The number of fused-ring (bicyclic) bond motifs is 1. The third kappa shape index (κ3) is 5.08. The molecule has 2 aliphatic rings. The maximum absolute atomic E-state index is 11.8. The van der Waals surface area contributed by atoms with Crippen LogP contribution in [0.2, 0.25) is 0 Å². The minimum atomic E-state index is -0.424. The molecule has 1 saturated heterocycles. The number of esters is 1. The number of aromatic nitrogens is 2. The van der Waals surface area contributed by atoms with Crippen molar-refractivity contribution >= 4 is 40.0 Å². The van der Waals surface area contributed by atoms with Crippen molar-refractivity contribution in [3.05, 3.63) is 58.1 Å². The van der Waals surface area contributed by atoms with Gasteiger partial charge in [-0.2, -0.15) is 4.98 Å². The van der Waals surface area contributed by atoms with Gasteiger partial charge in [0.05, 0.1) is 23.1 Å². The first-order chi connectivity index (χ1) is 17.5. The monoisotopic (exact) mass is 490 g/mol. The van der Waals surface area contributed by atoms with E-state index in [1.165, 1.54) is 51.3 Å². The van der Waals surface area contributed by atoms with Gasteiger partial charge in [0.2, 0.25) is 5.95 Å². The third-order valence-corrected chi connectivity index (χ3v) is 7.14. The van der Waals surface area contributed by atoms with Crippen LogP contribution in [0.25, 0.3) is 10.9 Å². The Labute approximate surface area is 209 Å². The molecule has 2 aromatic carbocycles. The first-order valence-electron chi connectivity index (χ1n) is 12.4. The summed E-state index contributed by atoms with van der Waals surface area (Å²) in [4.78, 5) is 37.1. The Hall–Kier alpha value is -3.79. The summed E-state index contributed by atoms with van der Waals surface area (Å²) in [5.41, 5.74) is 1.74. The number of carbonyl (C=O) groups is 1. The molecule has 0 unspecified atom stereocenters. The lowest BCUT2D eigenvalue weighted by atomic mass is 9.94. The molecule has 0 atom stereocenters. The van der Waals surface area contributed by atoms with E-state index in [-0.39, 0.29) is 5.69 Å². The van der Waals surface area contributed by atoms with Gasteiger partial charge in [0.15, 0.2) is 0 Å². The van der Waals surface area contributed by atoms with Crippen LogP contribution >= 0.6 is 0 Å². The molecule has 1 N–H and O–H groups in total. The number of methoxy groups -OCH3 is 1. The zero-order chi connectivity index (χ0) is 25.1. The van der Waals surface area contributed by atoms with Crippen molar-refractivity contribution in [1.29, 1.82) is 0 Å². The topological polar surface area (TPSA) is 114 Å². The predicted octanol–water partition coefficient (Wildman–Crippen LogP) is 4.52. The molecule has 2 fully saturated rings. The first kappa shape index (κ1) is 23.9. The molecule has 0 radical (unpaired) electrons. The number of rotatable bonds is 6. The van der Waals surface area contributed by atoms with Crippen LogP contribution in [-0.2, 0) is 4.74 Å². The average molecular weight is 491 g/mol. The van der Waals surface area contributed by atoms with E-state index in [0.717, 1.165) is 26.2 Å². The molecule has 0 spiro atoms. The quantitative estimate of drug-likeness (QED) is 0.302. The van der Waals surface area contributed by atoms with Crippen molar-refractivity contribution in [2.24, 2.45) is 0 Å². The summed E-state index contributed by atoms with van der Waals surface area (Å²) >= 11 is 0. The lowest BCUT2D eigenvalue weighted by Gasteiger charge is -2.40. The van der Waals surface area contributed by atoms with Crippen molar-refractivity contribution in [3.8, 4) is 0 Å². The Kier molecular flexibility index (Phi) is 6.95.